The maximum Gasteiger partial charge on any atom is 0.123 e. The maximum absolute atomic E-state index is 13.7. The third-order valence-corrected chi connectivity index (χ3v) is 5.30. The Balaban J connectivity index is 1.67. The summed E-state index contributed by atoms with van der Waals surface area (Å²) in [6.07, 6.45) is 6.33. The lowest BCUT2D eigenvalue weighted by atomic mass is 10.0. The second-order valence-electron chi connectivity index (χ2n) is 7.04. The van der Waals surface area contributed by atoms with E-state index in [0.29, 0.717) is 0 Å². The highest BCUT2D eigenvalue weighted by Gasteiger charge is 2.15. The fourth-order valence-corrected chi connectivity index (χ4v) is 3.98. The van der Waals surface area contributed by atoms with Crippen LogP contribution < -0.4 is 0 Å². The molecule has 130 valence electrons. The molecule has 1 N–H and O–H groups in total. The van der Waals surface area contributed by atoms with E-state index in [1.807, 2.05) is 12.1 Å². The van der Waals surface area contributed by atoms with Crippen molar-refractivity contribution in [1.82, 2.24) is 9.88 Å². The van der Waals surface area contributed by atoms with Crippen LogP contribution in [0.3, 0.4) is 0 Å². The number of fused-ring (bicyclic) bond motifs is 1. The number of nitrogens with one attached hydrogen (secondary N) is 1. The van der Waals surface area contributed by atoms with Gasteiger partial charge in [0.2, 0.25) is 0 Å². The summed E-state index contributed by atoms with van der Waals surface area (Å²) in [6.45, 7) is 3.49. The number of likely N-dealkylation sites (tertiary alicyclic amines) is 1. The summed E-state index contributed by atoms with van der Waals surface area (Å²) in [6, 6.07) is 15.3. The first kappa shape index (κ1) is 16.3. The zero-order valence-electron chi connectivity index (χ0n) is 14.6. The van der Waals surface area contributed by atoms with Crippen molar-refractivity contribution in [1.29, 1.82) is 0 Å². The van der Waals surface area contributed by atoms with E-state index in [1.54, 1.807) is 12.1 Å². The van der Waals surface area contributed by atoms with E-state index in [4.69, 9.17) is 0 Å². The second kappa shape index (κ2) is 7.40. The highest BCUT2D eigenvalue weighted by molar-refractivity contribution is 5.90. The van der Waals surface area contributed by atoms with Gasteiger partial charge in [0.1, 0.15) is 5.82 Å². The molecule has 0 spiro atoms. The number of benzene rings is 2. The number of rotatable bonds is 4. The molecule has 2 nitrogen and oxygen atoms in total. The third-order valence-electron chi connectivity index (χ3n) is 5.30. The number of aromatic nitrogens is 1. The molecule has 0 aliphatic carbocycles. The largest absolute Gasteiger partial charge is 0.354 e. The van der Waals surface area contributed by atoms with Gasteiger partial charge < -0.3 is 9.88 Å². The topological polar surface area (TPSA) is 19.0 Å². The molecule has 0 atom stereocenters. The van der Waals surface area contributed by atoms with Crippen molar-refractivity contribution in [3.63, 3.8) is 0 Å². The summed E-state index contributed by atoms with van der Waals surface area (Å²) < 4.78 is 13.7. The molecule has 1 saturated heterocycles. The summed E-state index contributed by atoms with van der Waals surface area (Å²) >= 11 is 0. The zero-order chi connectivity index (χ0) is 17.1. The summed E-state index contributed by atoms with van der Waals surface area (Å²) in [7, 11) is 0. The van der Waals surface area contributed by atoms with Gasteiger partial charge in [0.25, 0.3) is 0 Å². The minimum Gasteiger partial charge on any atom is -0.354 e. The molecule has 0 radical (unpaired) electrons. The van der Waals surface area contributed by atoms with E-state index in [0.717, 1.165) is 29.7 Å². The number of hydrogen-bond acceptors (Lipinski definition) is 1. The van der Waals surface area contributed by atoms with Gasteiger partial charge >= 0.3 is 0 Å². The van der Waals surface area contributed by atoms with Gasteiger partial charge in [-0.05, 0) is 56.1 Å². The molecule has 1 aromatic heterocycles. The molecule has 4 rings (SSSR count). The number of aromatic amines is 1. The molecule has 1 aliphatic rings. The Labute approximate surface area is 148 Å². The van der Waals surface area contributed by atoms with Crippen LogP contribution in [0.5, 0.6) is 0 Å². The quantitative estimate of drug-likeness (QED) is 0.676. The SMILES string of the molecule is Fc1cccc(-c2[nH]c3ccccc3c2CCN2CCCCCC2)c1. The number of hydrogen-bond donors (Lipinski definition) is 1. The summed E-state index contributed by atoms with van der Waals surface area (Å²) in [5.74, 6) is -0.186. The molecule has 1 aliphatic heterocycles. The Morgan fingerprint density at radius 3 is 2.52 bits per heavy atom. The van der Waals surface area contributed by atoms with Crippen molar-refractivity contribution < 1.29 is 4.39 Å². The number of para-hydroxylation sites is 1. The molecule has 0 amide bonds. The Kier molecular flexibility index (Phi) is 4.84. The average molecular weight is 336 g/mol. The van der Waals surface area contributed by atoms with Crippen LogP contribution in [0.25, 0.3) is 22.2 Å². The lowest BCUT2D eigenvalue weighted by Crippen LogP contribution is -2.27. The van der Waals surface area contributed by atoms with E-state index in [2.05, 4.69) is 28.1 Å². The van der Waals surface area contributed by atoms with E-state index < -0.39 is 0 Å². The summed E-state index contributed by atoms with van der Waals surface area (Å²) in [4.78, 5) is 6.11. The predicted octanol–water partition coefficient (Wildman–Crippen LogP) is 5.39. The van der Waals surface area contributed by atoms with Crippen LogP contribution in [0.4, 0.5) is 4.39 Å². The lowest BCUT2D eigenvalue weighted by molar-refractivity contribution is 0.289. The smallest absolute Gasteiger partial charge is 0.123 e. The number of nitrogens with zero attached hydrogens (tertiary/aromatic N) is 1. The standard InChI is InChI=1S/C22H25FN2/c23-18-9-7-8-17(16-18)22-20(19-10-3-4-11-21(19)24-22)12-15-25-13-5-1-2-6-14-25/h3-4,7-11,16,24H,1-2,5-6,12-15H2. The van der Waals surface area contributed by atoms with Gasteiger partial charge in [0.15, 0.2) is 0 Å². The van der Waals surface area contributed by atoms with Crippen molar-refractivity contribution in [2.75, 3.05) is 19.6 Å². The first-order valence-corrected chi connectivity index (χ1v) is 9.39. The van der Waals surface area contributed by atoms with E-state index in [-0.39, 0.29) is 5.82 Å². The maximum atomic E-state index is 13.7. The second-order valence-corrected chi connectivity index (χ2v) is 7.04. The zero-order valence-corrected chi connectivity index (χ0v) is 14.6. The van der Waals surface area contributed by atoms with Crippen LogP contribution in [0.1, 0.15) is 31.2 Å². The molecule has 25 heavy (non-hydrogen) atoms. The molecule has 2 heterocycles. The minimum absolute atomic E-state index is 0.186. The minimum atomic E-state index is -0.186. The summed E-state index contributed by atoms with van der Waals surface area (Å²) in [5, 5.41) is 1.26. The van der Waals surface area contributed by atoms with Crippen LogP contribution in [-0.4, -0.2) is 29.5 Å². The highest BCUT2D eigenvalue weighted by Crippen LogP contribution is 2.31. The van der Waals surface area contributed by atoms with E-state index in [9.17, 15) is 4.39 Å². The Bertz CT molecular complexity index is 844. The summed E-state index contributed by atoms with van der Waals surface area (Å²) in [5.41, 5.74) is 4.44. The van der Waals surface area contributed by atoms with Crippen molar-refractivity contribution in [2.24, 2.45) is 0 Å². The fraction of sp³-hybridized carbons (Fsp3) is 0.364. The molecule has 3 aromatic rings. The van der Waals surface area contributed by atoms with Gasteiger partial charge in [-0.3, -0.25) is 0 Å². The van der Waals surface area contributed by atoms with Crippen LogP contribution in [0.2, 0.25) is 0 Å². The molecule has 0 saturated carbocycles. The Hall–Kier alpha value is -2.13. The highest BCUT2D eigenvalue weighted by atomic mass is 19.1. The van der Waals surface area contributed by atoms with Crippen molar-refractivity contribution in [3.05, 3.63) is 59.9 Å². The average Bonchev–Trinajstić information content (AvgIpc) is 2.80. The predicted molar refractivity (Wildman–Crippen MR) is 102 cm³/mol. The molecule has 1 fully saturated rings. The Morgan fingerprint density at radius 2 is 1.72 bits per heavy atom. The first-order valence-electron chi connectivity index (χ1n) is 9.39. The monoisotopic (exact) mass is 336 g/mol. The normalized spacial score (nSPS) is 16.2. The molecule has 0 bridgehead atoms. The first-order chi connectivity index (χ1) is 12.3. The number of halogens is 1. The fourth-order valence-electron chi connectivity index (χ4n) is 3.98. The molecule has 3 heteroatoms. The third kappa shape index (κ3) is 3.62. The van der Waals surface area contributed by atoms with Crippen molar-refractivity contribution in [2.45, 2.75) is 32.1 Å². The van der Waals surface area contributed by atoms with Gasteiger partial charge in [-0.25, -0.2) is 4.39 Å². The van der Waals surface area contributed by atoms with Crippen LogP contribution in [0.15, 0.2) is 48.5 Å². The molecule has 0 unspecified atom stereocenters. The molecular weight excluding hydrogens is 311 g/mol. The van der Waals surface area contributed by atoms with Crippen molar-refractivity contribution in [3.8, 4) is 11.3 Å². The van der Waals surface area contributed by atoms with Crippen LogP contribution in [-0.2, 0) is 6.42 Å². The van der Waals surface area contributed by atoms with E-state index >= 15 is 0 Å². The Morgan fingerprint density at radius 1 is 0.920 bits per heavy atom. The van der Waals surface area contributed by atoms with Crippen LogP contribution >= 0.6 is 0 Å². The van der Waals surface area contributed by atoms with Gasteiger partial charge in [-0.15, -0.1) is 0 Å². The van der Waals surface area contributed by atoms with Gasteiger partial charge in [0.05, 0.1) is 0 Å². The van der Waals surface area contributed by atoms with Gasteiger partial charge in [-0.1, -0.05) is 43.2 Å². The van der Waals surface area contributed by atoms with Crippen molar-refractivity contribution >= 4 is 10.9 Å². The number of H-pyrrole nitrogens is 1. The molecule has 2 aromatic carbocycles. The lowest BCUT2D eigenvalue weighted by Gasteiger charge is -2.19. The van der Waals surface area contributed by atoms with E-state index in [1.165, 1.54) is 55.8 Å². The van der Waals surface area contributed by atoms with Gasteiger partial charge in [0, 0.05) is 28.7 Å². The van der Waals surface area contributed by atoms with Crippen LogP contribution in [0, 0.1) is 5.82 Å². The molecular formula is C22H25FN2. The van der Waals surface area contributed by atoms with Gasteiger partial charge in [-0.2, -0.15) is 0 Å².